The Kier molecular flexibility index (Phi) is 4.99. The molecule has 0 unspecified atom stereocenters. The molecule has 0 aliphatic rings. The van der Waals surface area contributed by atoms with Gasteiger partial charge in [-0.05, 0) is 30.7 Å². The molecule has 0 heterocycles. The van der Waals surface area contributed by atoms with Crippen molar-refractivity contribution >= 4 is 28.0 Å². The monoisotopic (exact) mass is 337 g/mol. The Morgan fingerprint density at radius 3 is 2.58 bits per heavy atom. The van der Waals surface area contributed by atoms with E-state index in [1.54, 1.807) is 6.92 Å². The zero-order chi connectivity index (χ0) is 14.6. The molecule has 1 rings (SSSR count). The Hall–Kier alpha value is -1.50. The minimum atomic E-state index is -4.42. The maximum Gasteiger partial charge on any atom is 0.416 e. The summed E-state index contributed by atoms with van der Waals surface area (Å²) in [5, 5.41) is 0. The predicted octanol–water partition coefficient (Wildman–Crippen LogP) is 3.33. The van der Waals surface area contributed by atoms with Gasteiger partial charge in [-0.15, -0.1) is 0 Å². The van der Waals surface area contributed by atoms with Crippen molar-refractivity contribution in [2.24, 2.45) is 5.73 Å². The second kappa shape index (κ2) is 6.10. The molecule has 0 spiro atoms. The minimum Gasteiger partial charge on any atom is -0.461 e. The number of hydrogen-bond acceptors (Lipinski definition) is 3. The Labute approximate surface area is 116 Å². The Balaban J connectivity index is 3.04. The molecule has 2 N–H and O–H groups in total. The van der Waals surface area contributed by atoms with E-state index in [1.807, 2.05) is 0 Å². The van der Waals surface area contributed by atoms with E-state index >= 15 is 0 Å². The van der Waals surface area contributed by atoms with Crippen molar-refractivity contribution in [2.45, 2.75) is 13.1 Å². The highest BCUT2D eigenvalue weighted by molar-refractivity contribution is 9.10. The summed E-state index contributed by atoms with van der Waals surface area (Å²) >= 11 is 3.00. The number of ether oxygens (including phenoxy) is 1. The van der Waals surface area contributed by atoms with Crippen LogP contribution in [0.2, 0.25) is 0 Å². The highest BCUT2D eigenvalue weighted by atomic mass is 79.9. The molecule has 0 aromatic heterocycles. The van der Waals surface area contributed by atoms with Crippen LogP contribution in [0.15, 0.2) is 28.4 Å². The average molecular weight is 338 g/mol. The van der Waals surface area contributed by atoms with Crippen LogP contribution in [0.5, 0.6) is 0 Å². The quantitative estimate of drug-likeness (QED) is 0.679. The van der Waals surface area contributed by atoms with E-state index < -0.39 is 17.7 Å². The summed E-state index contributed by atoms with van der Waals surface area (Å²) in [5.41, 5.74) is 4.87. The molecule has 0 atom stereocenters. The lowest BCUT2D eigenvalue weighted by atomic mass is 10.1. The first-order valence-corrected chi connectivity index (χ1v) is 6.06. The lowest BCUT2D eigenvalue weighted by molar-refractivity contribution is -0.139. The number of esters is 1. The Morgan fingerprint density at radius 2 is 2.11 bits per heavy atom. The molecule has 1 aromatic carbocycles. The average Bonchev–Trinajstić information content (AvgIpc) is 2.30. The fourth-order valence-electron chi connectivity index (χ4n) is 1.26. The standard InChI is InChI=1S/C12H11BrF3NO2/c1-2-19-11(18)10(17)5-7-3-4-8(6-9(7)13)12(14,15)16/h3-6H,2,17H2,1H3/b10-5-. The molecular formula is C12H11BrF3NO2. The van der Waals surface area contributed by atoms with Gasteiger partial charge in [0.05, 0.1) is 12.2 Å². The van der Waals surface area contributed by atoms with Gasteiger partial charge in [0.15, 0.2) is 0 Å². The van der Waals surface area contributed by atoms with Gasteiger partial charge in [0.2, 0.25) is 0 Å². The number of carbonyl (C=O) groups excluding carboxylic acids is 1. The summed E-state index contributed by atoms with van der Waals surface area (Å²) in [7, 11) is 0. The highest BCUT2D eigenvalue weighted by Gasteiger charge is 2.30. The molecule has 0 saturated heterocycles. The Morgan fingerprint density at radius 1 is 1.47 bits per heavy atom. The molecule has 0 saturated carbocycles. The molecule has 0 radical (unpaired) electrons. The van der Waals surface area contributed by atoms with Crippen molar-refractivity contribution in [2.75, 3.05) is 6.61 Å². The van der Waals surface area contributed by atoms with Gasteiger partial charge in [0, 0.05) is 4.47 Å². The van der Waals surface area contributed by atoms with Crippen LogP contribution in [0.25, 0.3) is 6.08 Å². The second-order valence-corrected chi connectivity index (χ2v) is 4.41. The number of carbonyl (C=O) groups is 1. The number of rotatable bonds is 3. The third-order valence-corrected chi connectivity index (χ3v) is 2.84. The van der Waals surface area contributed by atoms with E-state index in [1.165, 1.54) is 12.1 Å². The second-order valence-electron chi connectivity index (χ2n) is 3.55. The van der Waals surface area contributed by atoms with Crippen LogP contribution in [0, 0.1) is 0 Å². The minimum absolute atomic E-state index is 0.168. The largest absolute Gasteiger partial charge is 0.461 e. The fraction of sp³-hybridized carbons (Fsp3) is 0.250. The number of halogens is 4. The molecule has 0 fully saturated rings. The van der Waals surface area contributed by atoms with Crippen LogP contribution in [0.3, 0.4) is 0 Å². The molecule has 3 nitrogen and oxygen atoms in total. The van der Waals surface area contributed by atoms with Crippen LogP contribution >= 0.6 is 15.9 Å². The first-order chi connectivity index (χ1) is 8.75. The molecule has 0 amide bonds. The zero-order valence-electron chi connectivity index (χ0n) is 9.92. The summed E-state index contributed by atoms with van der Waals surface area (Å²) in [6.07, 6.45) is -3.17. The summed E-state index contributed by atoms with van der Waals surface area (Å²) in [4.78, 5) is 11.3. The summed E-state index contributed by atoms with van der Waals surface area (Å²) in [6, 6.07) is 3.05. The van der Waals surface area contributed by atoms with Crippen LogP contribution in [0.4, 0.5) is 13.2 Å². The maximum absolute atomic E-state index is 12.5. The number of nitrogens with two attached hydrogens (primary N) is 1. The van der Waals surface area contributed by atoms with Gasteiger partial charge < -0.3 is 10.5 Å². The predicted molar refractivity (Wildman–Crippen MR) is 67.9 cm³/mol. The normalized spacial score (nSPS) is 12.4. The molecule has 1 aromatic rings. The fourth-order valence-corrected chi connectivity index (χ4v) is 1.75. The lowest BCUT2D eigenvalue weighted by Crippen LogP contribution is -2.14. The van der Waals surface area contributed by atoms with Crippen molar-refractivity contribution in [3.63, 3.8) is 0 Å². The molecule has 0 aliphatic heterocycles. The summed E-state index contributed by atoms with van der Waals surface area (Å²) in [5.74, 6) is -0.714. The van der Waals surface area contributed by atoms with Crippen molar-refractivity contribution in [3.8, 4) is 0 Å². The van der Waals surface area contributed by atoms with Crippen LogP contribution in [-0.4, -0.2) is 12.6 Å². The Bertz CT molecular complexity index is 512. The molecule has 0 bridgehead atoms. The summed E-state index contributed by atoms with van der Waals surface area (Å²) < 4.78 is 42.2. The first kappa shape index (κ1) is 15.6. The first-order valence-electron chi connectivity index (χ1n) is 5.26. The van der Waals surface area contributed by atoms with Gasteiger partial charge >= 0.3 is 12.1 Å². The van der Waals surface area contributed by atoms with E-state index in [-0.39, 0.29) is 16.8 Å². The smallest absolute Gasteiger partial charge is 0.416 e. The van der Waals surface area contributed by atoms with Gasteiger partial charge in [0.1, 0.15) is 5.70 Å². The maximum atomic E-state index is 12.5. The van der Waals surface area contributed by atoms with Crippen LogP contribution in [-0.2, 0) is 15.7 Å². The molecule has 104 valence electrons. The van der Waals surface area contributed by atoms with E-state index in [4.69, 9.17) is 5.73 Å². The van der Waals surface area contributed by atoms with Gasteiger partial charge in [-0.2, -0.15) is 13.2 Å². The van der Waals surface area contributed by atoms with Crippen molar-refractivity contribution < 1.29 is 22.7 Å². The van der Waals surface area contributed by atoms with Gasteiger partial charge in [-0.1, -0.05) is 22.0 Å². The molecular weight excluding hydrogens is 327 g/mol. The van der Waals surface area contributed by atoms with Crippen LogP contribution in [0.1, 0.15) is 18.1 Å². The van der Waals surface area contributed by atoms with Gasteiger partial charge in [-0.3, -0.25) is 0 Å². The van der Waals surface area contributed by atoms with Gasteiger partial charge in [0.25, 0.3) is 0 Å². The van der Waals surface area contributed by atoms with Crippen molar-refractivity contribution in [1.82, 2.24) is 0 Å². The van der Waals surface area contributed by atoms with Gasteiger partial charge in [-0.25, -0.2) is 4.79 Å². The number of benzene rings is 1. The molecule has 19 heavy (non-hydrogen) atoms. The topological polar surface area (TPSA) is 52.3 Å². The lowest BCUT2D eigenvalue weighted by Gasteiger charge is -2.08. The third kappa shape index (κ3) is 4.27. The number of alkyl halides is 3. The van der Waals surface area contributed by atoms with Crippen molar-refractivity contribution in [3.05, 3.63) is 39.5 Å². The summed E-state index contributed by atoms with van der Waals surface area (Å²) in [6.45, 7) is 1.79. The van der Waals surface area contributed by atoms with E-state index in [2.05, 4.69) is 20.7 Å². The van der Waals surface area contributed by atoms with Crippen molar-refractivity contribution in [1.29, 1.82) is 0 Å². The van der Waals surface area contributed by atoms with E-state index in [0.717, 1.165) is 12.1 Å². The zero-order valence-corrected chi connectivity index (χ0v) is 11.5. The highest BCUT2D eigenvalue weighted by Crippen LogP contribution is 2.32. The molecule has 7 heteroatoms. The SMILES string of the molecule is CCOC(=O)/C(N)=C/c1ccc(C(F)(F)F)cc1Br. The molecule has 0 aliphatic carbocycles. The van der Waals surface area contributed by atoms with Crippen LogP contribution < -0.4 is 5.73 Å². The van der Waals surface area contributed by atoms with E-state index in [9.17, 15) is 18.0 Å². The number of hydrogen-bond donors (Lipinski definition) is 1. The van der Waals surface area contributed by atoms with E-state index in [0.29, 0.717) is 5.56 Å². The third-order valence-electron chi connectivity index (χ3n) is 2.15.